The van der Waals surface area contributed by atoms with Crippen LogP contribution in [0.15, 0.2) is 60.9 Å². The average molecular weight is 881 g/mol. The van der Waals surface area contributed by atoms with Gasteiger partial charge in [0.25, 0.3) is 5.91 Å². The number of carbonyl (C=O) groups is 3. The molecule has 6 aromatic rings. The van der Waals surface area contributed by atoms with E-state index in [1.54, 1.807) is 42.6 Å². The van der Waals surface area contributed by atoms with Crippen molar-refractivity contribution in [3.8, 4) is 11.3 Å². The van der Waals surface area contributed by atoms with E-state index in [4.69, 9.17) is 4.74 Å². The van der Waals surface area contributed by atoms with Gasteiger partial charge in [-0.2, -0.15) is 0 Å². The molecule has 2 aromatic carbocycles. The molecular weight excluding hydrogens is 831 g/mol. The summed E-state index contributed by atoms with van der Waals surface area (Å²) in [7, 11) is 0. The third-order valence-corrected chi connectivity index (χ3v) is 11.5. The maximum Gasteiger partial charge on any atom is 0.259 e. The first-order valence-corrected chi connectivity index (χ1v) is 21.5. The third-order valence-electron chi connectivity index (χ3n) is 10.5. The fraction of sp³-hybridized carbons (Fsp3) is 0.364. The van der Waals surface area contributed by atoms with Crippen molar-refractivity contribution >= 4 is 62.7 Å². The molecule has 4 N–H and O–H groups in total. The van der Waals surface area contributed by atoms with E-state index in [0.717, 1.165) is 48.5 Å². The molecule has 3 amide bonds. The molecule has 5 heterocycles. The van der Waals surface area contributed by atoms with Gasteiger partial charge in [-0.05, 0) is 70.5 Å². The molecule has 0 saturated carbocycles. The second-order valence-corrected chi connectivity index (χ2v) is 16.7. The lowest BCUT2D eigenvalue weighted by Crippen LogP contribution is -2.49. The van der Waals surface area contributed by atoms with Crippen LogP contribution in [0, 0.1) is 32.4 Å². The minimum absolute atomic E-state index is 0.0283. The number of nitrogens with zero attached hydrogens (tertiary/aromatic N) is 8. The summed E-state index contributed by atoms with van der Waals surface area (Å²) in [6, 6.07) is 13.5. The van der Waals surface area contributed by atoms with Crippen LogP contribution in [0.2, 0.25) is 0 Å². The van der Waals surface area contributed by atoms with Crippen molar-refractivity contribution < 1.29 is 27.9 Å². The van der Waals surface area contributed by atoms with Gasteiger partial charge in [-0.1, -0.05) is 18.2 Å². The fourth-order valence-corrected chi connectivity index (χ4v) is 8.05. The number of fused-ring (bicyclic) bond motifs is 1. The van der Waals surface area contributed by atoms with Gasteiger partial charge in [0.2, 0.25) is 17.8 Å². The van der Waals surface area contributed by atoms with Gasteiger partial charge in [0.1, 0.15) is 22.9 Å². The lowest BCUT2D eigenvalue weighted by Gasteiger charge is -2.34. The van der Waals surface area contributed by atoms with Crippen LogP contribution >= 0.6 is 11.3 Å². The third kappa shape index (κ3) is 11.4. The van der Waals surface area contributed by atoms with Gasteiger partial charge in [-0.3, -0.25) is 29.5 Å². The Hall–Kier alpha value is -6.28. The highest BCUT2D eigenvalue weighted by Gasteiger charge is 2.21. The molecule has 16 nitrogen and oxygen atoms in total. The number of rotatable bonds is 17. The molecule has 330 valence electrons. The minimum atomic E-state index is -0.682. The number of piperazine rings is 1. The van der Waals surface area contributed by atoms with Crippen LogP contribution in [-0.2, 0) is 20.9 Å². The van der Waals surface area contributed by atoms with Crippen molar-refractivity contribution in [3.63, 3.8) is 0 Å². The smallest absolute Gasteiger partial charge is 0.259 e. The van der Waals surface area contributed by atoms with E-state index in [1.807, 2.05) is 45.3 Å². The number of carbonyl (C=O) groups excluding carboxylic acids is 3. The first kappa shape index (κ1) is 44.8. The summed E-state index contributed by atoms with van der Waals surface area (Å²) in [6.45, 7) is 14.2. The number of amides is 3. The number of nitrogens with one attached hydrogen (secondary N) is 4. The van der Waals surface area contributed by atoms with Gasteiger partial charge < -0.3 is 25.3 Å². The molecule has 4 aromatic heterocycles. The maximum atomic E-state index is 15.1. The monoisotopic (exact) mass is 880 g/mol. The lowest BCUT2D eigenvalue weighted by atomic mass is 10.1. The zero-order chi connectivity index (χ0) is 44.6. The number of benzene rings is 2. The zero-order valence-electron chi connectivity index (χ0n) is 35.8. The highest BCUT2D eigenvalue weighted by molar-refractivity contribution is 7.15. The number of halogens is 2. The minimum Gasteiger partial charge on any atom is -0.379 e. The number of thiazole rings is 1. The van der Waals surface area contributed by atoms with Crippen LogP contribution in [0.1, 0.15) is 58.6 Å². The zero-order valence-corrected chi connectivity index (χ0v) is 36.6. The molecule has 1 aliphatic rings. The maximum absolute atomic E-state index is 15.1. The number of hydrogen-bond acceptors (Lipinski definition) is 13. The summed E-state index contributed by atoms with van der Waals surface area (Å²) in [5.41, 5.74) is 3.59. The SMILES string of the molecule is Cc1nc(NC(=O)c2ccccc2NC(=O)CCOCCNC(=O)CN2CCN(Cc3ccc(Nc4ncc(F)c(-c5cc(F)c6nc(C)n(C(C)C)c6c5)n4)nc3)CC2)sc1C. The first-order valence-electron chi connectivity index (χ1n) is 20.7. The quantitative estimate of drug-likeness (QED) is 0.0741. The van der Waals surface area contributed by atoms with Gasteiger partial charge in [-0.15, -0.1) is 11.3 Å². The van der Waals surface area contributed by atoms with Gasteiger partial charge >= 0.3 is 0 Å². The molecule has 1 aliphatic heterocycles. The van der Waals surface area contributed by atoms with Crippen LogP contribution in [-0.4, -0.2) is 109 Å². The summed E-state index contributed by atoms with van der Waals surface area (Å²) in [5.74, 6) is -0.748. The van der Waals surface area contributed by atoms with E-state index in [9.17, 15) is 14.4 Å². The molecule has 1 saturated heterocycles. The number of ether oxygens (including phenoxy) is 1. The topological polar surface area (TPSA) is 184 Å². The second-order valence-electron chi connectivity index (χ2n) is 15.5. The molecule has 0 radical (unpaired) electrons. The molecule has 63 heavy (non-hydrogen) atoms. The summed E-state index contributed by atoms with van der Waals surface area (Å²) < 4.78 is 37.6. The van der Waals surface area contributed by atoms with Crippen LogP contribution in [0.5, 0.6) is 0 Å². The highest BCUT2D eigenvalue weighted by atomic mass is 32.1. The Labute approximate surface area is 367 Å². The van der Waals surface area contributed by atoms with Crippen LogP contribution in [0.4, 0.5) is 31.4 Å². The van der Waals surface area contributed by atoms with E-state index >= 15 is 8.78 Å². The number of imidazole rings is 1. The van der Waals surface area contributed by atoms with Gasteiger partial charge in [0, 0.05) is 61.9 Å². The summed E-state index contributed by atoms with van der Waals surface area (Å²) >= 11 is 1.39. The summed E-state index contributed by atoms with van der Waals surface area (Å²) in [6.07, 6.45) is 2.89. The van der Waals surface area contributed by atoms with E-state index < -0.39 is 11.6 Å². The van der Waals surface area contributed by atoms with Crippen molar-refractivity contribution in [1.82, 2.24) is 44.6 Å². The van der Waals surface area contributed by atoms with Crippen LogP contribution in [0.25, 0.3) is 22.3 Å². The molecule has 0 spiro atoms. The molecule has 0 aliphatic carbocycles. The van der Waals surface area contributed by atoms with Crippen molar-refractivity contribution in [1.29, 1.82) is 0 Å². The van der Waals surface area contributed by atoms with E-state index in [0.29, 0.717) is 46.6 Å². The number of anilines is 4. The number of pyridine rings is 1. The summed E-state index contributed by atoms with van der Waals surface area (Å²) in [4.78, 5) is 65.2. The van der Waals surface area contributed by atoms with Gasteiger partial charge in [-0.25, -0.2) is 33.7 Å². The summed E-state index contributed by atoms with van der Waals surface area (Å²) in [5, 5.41) is 12.0. The Morgan fingerprint density at radius 3 is 2.37 bits per heavy atom. The molecule has 19 heteroatoms. The molecule has 0 unspecified atom stereocenters. The van der Waals surface area contributed by atoms with Crippen LogP contribution in [0.3, 0.4) is 0 Å². The number of hydrogen-bond donors (Lipinski definition) is 4. The Morgan fingerprint density at radius 2 is 1.63 bits per heavy atom. The molecule has 1 fully saturated rings. The van der Waals surface area contributed by atoms with Crippen molar-refractivity contribution in [2.45, 2.75) is 53.6 Å². The van der Waals surface area contributed by atoms with E-state index in [-0.39, 0.29) is 72.7 Å². The van der Waals surface area contributed by atoms with E-state index in [1.165, 1.54) is 17.4 Å². The van der Waals surface area contributed by atoms with Gasteiger partial charge in [0.15, 0.2) is 16.8 Å². The van der Waals surface area contributed by atoms with Crippen LogP contribution < -0.4 is 21.3 Å². The van der Waals surface area contributed by atoms with Crippen molar-refractivity contribution in [3.05, 3.63) is 100 Å². The first-order chi connectivity index (χ1) is 30.3. The fourth-order valence-electron chi connectivity index (χ4n) is 7.24. The molecule has 0 bridgehead atoms. The predicted molar refractivity (Wildman–Crippen MR) is 238 cm³/mol. The van der Waals surface area contributed by atoms with Crippen molar-refractivity contribution in [2.24, 2.45) is 0 Å². The predicted octanol–water partition coefficient (Wildman–Crippen LogP) is 6.40. The Morgan fingerprint density at radius 1 is 0.857 bits per heavy atom. The number of aromatic nitrogens is 6. The van der Waals surface area contributed by atoms with Crippen molar-refractivity contribution in [2.75, 3.05) is 68.4 Å². The molecule has 7 rings (SSSR count). The Kier molecular flexibility index (Phi) is 14.4. The molecular formula is C44H50F2N12O4S. The van der Waals surface area contributed by atoms with E-state index in [2.05, 4.69) is 56.0 Å². The highest BCUT2D eigenvalue weighted by Crippen LogP contribution is 2.31. The Balaban J connectivity index is 0.789. The standard InChI is InChI=1S/C44H50F2N12O4S/c1-26(2)58-29(5)51-41-33(45)20-31(21-36(41)58)40-34(46)23-49-43(54-40)53-37-11-10-30(22-48-37)24-56-14-16-57(17-15-56)25-39(60)47-13-19-62-18-12-38(59)52-35-9-7-6-8-32(35)42(61)55-44-50-27(3)28(4)63-44/h6-11,20-23,26H,12-19,24-25H2,1-5H3,(H,47,60)(H,52,59)(H,50,55,61)(H,48,49,53,54). The van der Waals surface area contributed by atoms with Gasteiger partial charge in [0.05, 0.1) is 54.8 Å². The lowest BCUT2D eigenvalue weighted by molar-refractivity contribution is -0.123. The second kappa shape index (κ2) is 20.3. The average Bonchev–Trinajstić information content (AvgIpc) is 3.77. The number of aryl methyl sites for hydroxylation is 3. The Bertz CT molecular complexity index is 2570. The largest absolute Gasteiger partial charge is 0.379 e. The number of para-hydroxylation sites is 1. The molecule has 0 atom stereocenters. The normalized spacial score (nSPS) is 13.4.